The number of rotatable bonds is 5. The number of halogens is 3. The first kappa shape index (κ1) is 32.6. The van der Waals surface area contributed by atoms with Gasteiger partial charge in [0.2, 0.25) is 0 Å². The van der Waals surface area contributed by atoms with E-state index in [1.807, 2.05) is 39.5 Å². The Morgan fingerprint density at radius 3 is 2.29 bits per heavy atom. The average Bonchev–Trinajstić information content (AvgIpc) is 2.86. The van der Waals surface area contributed by atoms with Crippen LogP contribution in [0.2, 0.25) is 5.02 Å². The van der Waals surface area contributed by atoms with E-state index in [-0.39, 0.29) is 39.7 Å². The molecule has 2 atom stereocenters. The molecule has 0 radical (unpaired) electrons. The molecule has 1 fully saturated rings. The molecule has 0 bridgehead atoms. The molecule has 2 aromatic rings. The molecule has 1 aliphatic heterocycles. The number of ether oxygens (including phenoxy) is 1. The summed E-state index contributed by atoms with van der Waals surface area (Å²) in [7, 11) is 0. The maximum atomic E-state index is 14.8. The van der Waals surface area contributed by atoms with Gasteiger partial charge in [0.25, 0.3) is 5.91 Å². The van der Waals surface area contributed by atoms with Crippen molar-refractivity contribution in [3.63, 3.8) is 0 Å². The van der Waals surface area contributed by atoms with Gasteiger partial charge in [-0.15, -0.1) is 11.6 Å². The van der Waals surface area contributed by atoms with Crippen LogP contribution in [-0.4, -0.2) is 75.8 Å². The molecule has 1 aromatic carbocycles. The van der Waals surface area contributed by atoms with Gasteiger partial charge in [0.1, 0.15) is 29.0 Å². The number of carbonyl (C=O) groups is 2. The Hall–Kier alpha value is -2.91. The third-order valence-corrected chi connectivity index (χ3v) is 6.88. The molecule has 224 valence electrons. The molecule has 1 aliphatic rings. The number of pyridine rings is 1. The summed E-state index contributed by atoms with van der Waals surface area (Å²) in [5, 5.41) is 3.57. The van der Waals surface area contributed by atoms with Crippen LogP contribution >= 0.6 is 23.2 Å². The maximum absolute atomic E-state index is 14.8. The topological polar surface area (TPSA) is 87.1 Å². The van der Waals surface area contributed by atoms with Gasteiger partial charge in [-0.3, -0.25) is 4.79 Å². The Balaban J connectivity index is 2.12. The predicted molar refractivity (Wildman–Crippen MR) is 163 cm³/mol. The lowest BCUT2D eigenvalue weighted by atomic mass is 9.97. The van der Waals surface area contributed by atoms with Gasteiger partial charge in [-0.1, -0.05) is 44.5 Å². The third-order valence-electron chi connectivity index (χ3n) is 6.36. The van der Waals surface area contributed by atoms with E-state index in [2.05, 4.69) is 31.1 Å². The van der Waals surface area contributed by atoms with E-state index >= 15 is 0 Å². The first-order chi connectivity index (χ1) is 19.0. The number of hydrogen-bond acceptors (Lipinski definition) is 5. The minimum absolute atomic E-state index is 0.124. The van der Waals surface area contributed by atoms with Crippen LogP contribution in [0.4, 0.5) is 15.0 Å². The van der Waals surface area contributed by atoms with Gasteiger partial charge < -0.3 is 19.9 Å². The number of nitrogens with one attached hydrogen (secondary N) is 1. The van der Waals surface area contributed by atoms with Crippen LogP contribution in [0.5, 0.6) is 0 Å². The largest absolute Gasteiger partial charge is 0.444 e. The smallest absolute Gasteiger partial charge is 0.410 e. The molecule has 2 amide bonds. The lowest BCUT2D eigenvalue weighted by molar-refractivity contribution is -0.115. The standard InChI is InChI=1S/C30H40Cl2FN5O3/c1-18-16-38(28(40)41-30(6,7)8)19(2)15-37(18)27(35-24(39)14-31)21-13-22(32)25(20-11-9-10-12-23(20)33)36-26(21)34-17-29(3,4)5/h9-13,18-19H,14-17H2,1-8H3,(H,34,36)/t18-,19+/m0/s1. The lowest BCUT2D eigenvalue weighted by Crippen LogP contribution is -2.60. The quantitative estimate of drug-likeness (QED) is 0.227. The van der Waals surface area contributed by atoms with Crippen molar-refractivity contribution in [2.45, 2.75) is 73.1 Å². The van der Waals surface area contributed by atoms with Crippen molar-refractivity contribution in [2.24, 2.45) is 10.4 Å². The zero-order valence-electron chi connectivity index (χ0n) is 25.0. The normalized spacial score (nSPS) is 18.4. The molecule has 3 rings (SSSR count). The van der Waals surface area contributed by atoms with Gasteiger partial charge in [0, 0.05) is 37.3 Å². The molecule has 1 saturated heterocycles. The molecule has 0 saturated carbocycles. The van der Waals surface area contributed by atoms with Crippen molar-refractivity contribution in [3.05, 3.63) is 46.7 Å². The molecule has 0 aliphatic carbocycles. The summed E-state index contributed by atoms with van der Waals surface area (Å²) in [5.41, 5.74) is 0.241. The van der Waals surface area contributed by atoms with Crippen molar-refractivity contribution < 1.29 is 18.7 Å². The van der Waals surface area contributed by atoms with Crippen molar-refractivity contribution >= 4 is 46.9 Å². The van der Waals surface area contributed by atoms with Crippen molar-refractivity contribution in [2.75, 3.05) is 30.8 Å². The third kappa shape index (κ3) is 8.55. The monoisotopic (exact) mass is 607 g/mol. The Morgan fingerprint density at radius 1 is 1.10 bits per heavy atom. The van der Waals surface area contributed by atoms with Gasteiger partial charge >= 0.3 is 6.09 Å². The van der Waals surface area contributed by atoms with E-state index in [1.54, 1.807) is 29.2 Å². The zero-order valence-corrected chi connectivity index (χ0v) is 26.5. The van der Waals surface area contributed by atoms with Gasteiger partial charge in [0.05, 0.1) is 16.3 Å². The molecular weight excluding hydrogens is 568 g/mol. The predicted octanol–water partition coefficient (Wildman–Crippen LogP) is 6.84. The summed E-state index contributed by atoms with van der Waals surface area (Å²) in [6.07, 6.45) is -0.404. The van der Waals surface area contributed by atoms with Crippen LogP contribution in [0.25, 0.3) is 11.3 Å². The highest BCUT2D eigenvalue weighted by Gasteiger charge is 2.37. The number of hydrogen-bond donors (Lipinski definition) is 1. The van der Waals surface area contributed by atoms with Crippen LogP contribution in [0.1, 0.15) is 61.0 Å². The highest BCUT2D eigenvalue weighted by atomic mass is 35.5. The molecule has 11 heteroatoms. The van der Waals surface area contributed by atoms with E-state index in [0.29, 0.717) is 36.9 Å². The van der Waals surface area contributed by atoms with Gasteiger partial charge in [0.15, 0.2) is 0 Å². The van der Waals surface area contributed by atoms with Gasteiger partial charge in [-0.2, -0.15) is 4.99 Å². The number of carbonyl (C=O) groups excluding carboxylic acids is 2. The molecule has 0 spiro atoms. The van der Waals surface area contributed by atoms with E-state index in [9.17, 15) is 14.0 Å². The van der Waals surface area contributed by atoms with Crippen molar-refractivity contribution in [1.29, 1.82) is 0 Å². The van der Waals surface area contributed by atoms with E-state index in [1.165, 1.54) is 6.07 Å². The summed E-state index contributed by atoms with van der Waals surface area (Å²) in [6.45, 7) is 16.8. The number of alkyl halides is 1. The maximum Gasteiger partial charge on any atom is 0.410 e. The van der Waals surface area contributed by atoms with Crippen LogP contribution in [0.15, 0.2) is 35.3 Å². The van der Waals surface area contributed by atoms with Crippen LogP contribution < -0.4 is 5.32 Å². The van der Waals surface area contributed by atoms with E-state index in [4.69, 9.17) is 32.9 Å². The second-order valence-electron chi connectivity index (χ2n) is 12.6. The number of amides is 2. The fourth-order valence-electron chi connectivity index (χ4n) is 4.41. The number of nitrogens with zero attached hydrogens (tertiary/aromatic N) is 4. The van der Waals surface area contributed by atoms with Gasteiger partial charge in [-0.05, 0) is 58.2 Å². The fraction of sp³-hybridized carbons (Fsp3) is 0.533. The highest BCUT2D eigenvalue weighted by Crippen LogP contribution is 2.34. The van der Waals surface area contributed by atoms with Crippen LogP contribution in [0.3, 0.4) is 0 Å². The number of aliphatic imine (C=N–C) groups is 1. The average molecular weight is 609 g/mol. The molecule has 8 nitrogen and oxygen atoms in total. The second kappa shape index (κ2) is 12.9. The molecule has 41 heavy (non-hydrogen) atoms. The molecule has 1 aromatic heterocycles. The minimum atomic E-state index is -0.632. The van der Waals surface area contributed by atoms with Gasteiger partial charge in [-0.25, -0.2) is 14.2 Å². The number of amidine groups is 1. The van der Waals surface area contributed by atoms with E-state index < -0.39 is 23.4 Å². The van der Waals surface area contributed by atoms with Crippen LogP contribution in [0, 0.1) is 11.2 Å². The number of piperazine rings is 1. The molecule has 2 heterocycles. The first-order valence-corrected chi connectivity index (χ1v) is 14.6. The molecular formula is C30H40Cl2FN5O3. The Labute approximate surface area is 252 Å². The Kier molecular flexibility index (Phi) is 10.3. The summed E-state index contributed by atoms with van der Waals surface area (Å²) in [4.78, 5) is 38.4. The Bertz CT molecular complexity index is 1310. The summed E-state index contributed by atoms with van der Waals surface area (Å²) < 4.78 is 20.4. The number of benzene rings is 1. The molecule has 1 N–H and O–H groups in total. The Morgan fingerprint density at radius 2 is 1.71 bits per heavy atom. The SMILES string of the molecule is C[C@@H]1CN(C(=NC(=O)CCl)c2cc(Cl)c(-c3ccccc3F)nc2NCC(C)(C)C)[C@@H](C)CN1C(=O)OC(C)(C)C. The van der Waals surface area contributed by atoms with Crippen LogP contribution in [-0.2, 0) is 9.53 Å². The second-order valence-corrected chi connectivity index (χ2v) is 13.2. The van der Waals surface area contributed by atoms with E-state index in [0.717, 1.165) is 0 Å². The molecule has 0 unspecified atom stereocenters. The van der Waals surface area contributed by atoms with Crippen molar-refractivity contribution in [1.82, 2.24) is 14.8 Å². The highest BCUT2D eigenvalue weighted by molar-refractivity contribution is 6.34. The number of aromatic nitrogens is 1. The zero-order chi connectivity index (χ0) is 30.7. The minimum Gasteiger partial charge on any atom is -0.444 e. The fourth-order valence-corrected chi connectivity index (χ4v) is 4.72. The first-order valence-electron chi connectivity index (χ1n) is 13.6. The summed E-state index contributed by atoms with van der Waals surface area (Å²) >= 11 is 12.6. The summed E-state index contributed by atoms with van der Waals surface area (Å²) in [6, 6.07) is 7.42. The summed E-state index contributed by atoms with van der Waals surface area (Å²) in [5.74, 6) is -0.580. The number of anilines is 1. The lowest BCUT2D eigenvalue weighted by Gasteiger charge is -2.45. The van der Waals surface area contributed by atoms with Crippen molar-refractivity contribution in [3.8, 4) is 11.3 Å².